The molecule has 0 spiro atoms. The second-order valence-corrected chi connectivity index (χ2v) is 7.52. The van der Waals surface area contributed by atoms with Crippen molar-refractivity contribution < 1.29 is 23.9 Å². The van der Waals surface area contributed by atoms with Gasteiger partial charge in [0, 0.05) is 0 Å². The molecule has 1 aromatic carbocycles. The maximum atomic E-state index is 12.4. The Morgan fingerprint density at radius 1 is 1.23 bits per heavy atom. The fourth-order valence-electron chi connectivity index (χ4n) is 2.11. The van der Waals surface area contributed by atoms with Crippen LogP contribution >= 0.6 is 11.8 Å². The monoisotopic (exact) mass is 375 g/mol. The van der Waals surface area contributed by atoms with Crippen molar-refractivity contribution in [3.63, 3.8) is 0 Å². The Hall–Kier alpha value is -2.54. The van der Waals surface area contributed by atoms with E-state index < -0.39 is 29.3 Å². The molecule has 7 heteroatoms. The first-order valence-corrected chi connectivity index (χ1v) is 8.82. The predicted octanol–water partition coefficient (Wildman–Crippen LogP) is 3.63. The molecule has 0 bridgehead atoms. The molecule has 1 saturated heterocycles. The van der Waals surface area contributed by atoms with Gasteiger partial charge in [-0.15, -0.1) is 0 Å². The Bertz CT molecular complexity index is 746. The zero-order chi connectivity index (χ0) is 19.3. The number of amides is 2. The Labute approximate surface area is 156 Å². The lowest BCUT2D eigenvalue weighted by Gasteiger charge is -2.21. The minimum absolute atomic E-state index is 0.262. The van der Waals surface area contributed by atoms with Crippen molar-refractivity contribution in [2.45, 2.75) is 26.4 Å². The number of carbonyl (C=O) groups excluding carboxylic acids is 3. The number of benzene rings is 1. The van der Waals surface area contributed by atoms with Crippen molar-refractivity contribution in [1.29, 1.82) is 0 Å². The second kappa shape index (κ2) is 8.23. The summed E-state index contributed by atoms with van der Waals surface area (Å²) in [6.45, 7) is 8.76. The third-order valence-corrected chi connectivity index (χ3v) is 4.03. The first kappa shape index (κ1) is 19.8. The lowest BCUT2D eigenvalue weighted by Crippen LogP contribution is -2.37. The number of thioether (sulfide) groups is 1. The summed E-state index contributed by atoms with van der Waals surface area (Å²) < 4.78 is 10.6. The van der Waals surface area contributed by atoms with Gasteiger partial charge >= 0.3 is 5.97 Å². The maximum absolute atomic E-state index is 12.4. The molecule has 0 unspecified atom stereocenters. The standard InChI is InChI=1S/C19H21NO5S/c1-5-10-24-14-8-6-13(7-9-14)11-15-17(22)20(18(23)26-15)12-16(21)25-19(2,3)4/h5-9,11H,1,10,12H2,2-4H3. The number of hydrogen-bond acceptors (Lipinski definition) is 6. The van der Waals surface area contributed by atoms with E-state index in [4.69, 9.17) is 9.47 Å². The van der Waals surface area contributed by atoms with E-state index in [0.29, 0.717) is 12.4 Å². The van der Waals surface area contributed by atoms with Crippen LogP contribution in [0.2, 0.25) is 0 Å². The van der Waals surface area contributed by atoms with Gasteiger partial charge in [-0.3, -0.25) is 19.3 Å². The number of rotatable bonds is 6. The van der Waals surface area contributed by atoms with Crippen LogP contribution in [0.25, 0.3) is 6.08 Å². The molecule has 0 saturated carbocycles. The highest BCUT2D eigenvalue weighted by molar-refractivity contribution is 8.18. The number of carbonyl (C=O) groups is 3. The van der Waals surface area contributed by atoms with E-state index in [1.165, 1.54) is 0 Å². The van der Waals surface area contributed by atoms with Gasteiger partial charge in [-0.05, 0) is 56.3 Å². The lowest BCUT2D eigenvalue weighted by atomic mass is 10.2. The summed E-state index contributed by atoms with van der Waals surface area (Å²) in [6.07, 6.45) is 3.26. The highest BCUT2D eigenvalue weighted by Gasteiger charge is 2.37. The van der Waals surface area contributed by atoms with Gasteiger partial charge in [-0.1, -0.05) is 24.8 Å². The van der Waals surface area contributed by atoms with Crippen molar-refractivity contribution in [2.75, 3.05) is 13.2 Å². The number of hydrogen-bond donors (Lipinski definition) is 0. The van der Waals surface area contributed by atoms with E-state index in [0.717, 1.165) is 22.2 Å². The molecule has 26 heavy (non-hydrogen) atoms. The molecule has 1 aromatic rings. The van der Waals surface area contributed by atoms with Crippen molar-refractivity contribution in [2.24, 2.45) is 0 Å². The summed E-state index contributed by atoms with van der Waals surface area (Å²) in [6, 6.07) is 7.08. The van der Waals surface area contributed by atoms with E-state index in [1.54, 1.807) is 57.2 Å². The van der Waals surface area contributed by atoms with E-state index in [-0.39, 0.29) is 4.91 Å². The van der Waals surface area contributed by atoms with Crippen LogP contribution in [0.1, 0.15) is 26.3 Å². The van der Waals surface area contributed by atoms with Crippen LogP contribution in [-0.2, 0) is 14.3 Å². The molecule has 1 fully saturated rings. The fourth-order valence-corrected chi connectivity index (χ4v) is 2.94. The van der Waals surface area contributed by atoms with E-state index >= 15 is 0 Å². The van der Waals surface area contributed by atoms with E-state index in [9.17, 15) is 14.4 Å². The predicted molar refractivity (Wildman–Crippen MR) is 101 cm³/mol. The van der Waals surface area contributed by atoms with E-state index in [1.807, 2.05) is 0 Å². The molecule has 138 valence electrons. The van der Waals surface area contributed by atoms with Crippen molar-refractivity contribution >= 4 is 35.0 Å². The number of imide groups is 1. The average Bonchev–Trinajstić information content (AvgIpc) is 2.80. The SMILES string of the molecule is C=CCOc1ccc(C=C2SC(=O)N(CC(=O)OC(C)(C)C)C2=O)cc1. The second-order valence-electron chi connectivity index (χ2n) is 6.52. The van der Waals surface area contributed by atoms with Gasteiger partial charge in [-0.2, -0.15) is 0 Å². The summed E-state index contributed by atoms with van der Waals surface area (Å²) in [5.74, 6) is -0.442. The van der Waals surface area contributed by atoms with Gasteiger partial charge in [0.1, 0.15) is 24.5 Å². The van der Waals surface area contributed by atoms with Gasteiger partial charge in [0.05, 0.1) is 4.91 Å². The Kier molecular flexibility index (Phi) is 6.26. The first-order valence-electron chi connectivity index (χ1n) is 8.00. The highest BCUT2D eigenvalue weighted by Crippen LogP contribution is 2.32. The molecule has 0 aromatic heterocycles. The van der Waals surface area contributed by atoms with Crippen molar-refractivity contribution in [3.05, 3.63) is 47.4 Å². The molecule has 0 atom stereocenters. The molecule has 1 aliphatic rings. The zero-order valence-corrected chi connectivity index (χ0v) is 15.8. The lowest BCUT2D eigenvalue weighted by molar-refractivity contribution is -0.156. The van der Waals surface area contributed by atoms with Gasteiger partial charge in [0.25, 0.3) is 11.1 Å². The van der Waals surface area contributed by atoms with Crippen LogP contribution in [0.15, 0.2) is 41.8 Å². The smallest absolute Gasteiger partial charge is 0.326 e. The third-order valence-electron chi connectivity index (χ3n) is 3.13. The molecule has 0 N–H and O–H groups in total. The first-order chi connectivity index (χ1) is 12.2. The van der Waals surface area contributed by atoms with Crippen LogP contribution in [0.4, 0.5) is 4.79 Å². The molecular formula is C19H21NO5S. The Balaban J connectivity index is 2.06. The highest BCUT2D eigenvalue weighted by atomic mass is 32.2. The minimum atomic E-state index is -0.676. The molecule has 1 aliphatic heterocycles. The summed E-state index contributed by atoms with van der Waals surface area (Å²) >= 11 is 0.801. The summed E-state index contributed by atoms with van der Waals surface area (Å²) in [5, 5.41) is -0.488. The summed E-state index contributed by atoms with van der Waals surface area (Å²) in [4.78, 5) is 37.5. The topological polar surface area (TPSA) is 72.9 Å². The fraction of sp³-hybridized carbons (Fsp3) is 0.316. The quantitative estimate of drug-likeness (QED) is 0.429. The average molecular weight is 375 g/mol. The summed E-state index contributed by atoms with van der Waals surface area (Å²) in [5.41, 5.74) is 0.0724. The normalized spacial score (nSPS) is 16.1. The van der Waals surface area contributed by atoms with Crippen LogP contribution in [-0.4, -0.2) is 40.8 Å². The van der Waals surface area contributed by atoms with Crippen LogP contribution < -0.4 is 4.74 Å². The largest absolute Gasteiger partial charge is 0.490 e. The Morgan fingerprint density at radius 3 is 2.46 bits per heavy atom. The van der Waals surface area contributed by atoms with Crippen LogP contribution in [0, 0.1) is 0 Å². The molecule has 1 heterocycles. The minimum Gasteiger partial charge on any atom is -0.490 e. The van der Waals surface area contributed by atoms with Crippen LogP contribution in [0.5, 0.6) is 5.75 Å². The number of esters is 1. The van der Waals surface area contributed by atoms with Gasteiger partial charge < -0.3 is 9.47 Å². The zero-order valence-electron chi connectivity index (χ0n) is 15.0. The molecular weight excluding hydrogens is 354 g/mol. The summed E-state index contributed by atoms with van der Waals surface area (Å²) in [7, 11) is 0. The molecule has 2 amide bonds. The molecule has 0 radical (unpaired) electrons. The van der Waals surface area contributed by atoms with Crippen molar-refractivity contribution in [1.82, 2.24) is 4.90 Å². The number of nitrogens with zero attached hydrogens (tertiary/aromatic N) is 1. The number of ether oxygens (including phenoxy) is 2. The van der Waals surface area contributed by atoms with Gasteiger partial charge in [0.2, 0.25) is 0 Å². The maximum Gasteiger partial charge on any atom is 0.326 e. The van der Waals surface area contributed by atoms with Crippen LogP contribution in [0.3, 0.4) is 0 Å². The Morgan fingerprint density at radius 2 is 1.88 bits per heavy atom. The third kappa shape index (κ3) is 5.49. The molecule has 6 nitrogen and oxygen atoms in total. The van der Waals surface area contributed by atoms with Gasteiger partial charge in [-0.25, -0.2) is 0 Å². The van der Waals surface area contributed by atoms with E-state index in [2.05, 4.69) is 6.58 Å². The van der Waals surface area contributed by atoms with Gasteiger partial charge in [0.15, 0.2) is 0 Å². The molecule has 0 aliphatic carbocycles. The molecule has 2 rings (SSSR count). The van der Waals surface area contributed by atoms with Crippen molar-refractivity contribution in [3.8, 4) is 5.75 Å².